The van der Waals surface area contributed by atoms with Crippen LogP contribution >= 0.6 is 11.6 Å². The van der Waals surface area contributed by atoms with Crippen molar-refractivity contribution in [2.45, 2.75) is 19.4 Å². The van der Waals surface area contributed by atoms with E-state index in [1.165, 1.54) is 25.3 Å². The van der Waals surface area contributed by atoms with E-state index in [9.17, 15) is 14.4 Å². The van der Waals surface area contributed by atoms with Gasteiger partial charge in [-0.2, -0.15) is 0 Å². The quantitative estimate of drug-likeness (QED) is 0.600. The minimum absolute atomic E-state index is 0.220. The van der Waals surface area contributed by atoms with Crippen LogP contribution in [0.25, 0.3) is 0 Å². The molecule has 7 heteroatoms. The van der Waals surface area contributed by atoms with E-state index < -0.39 is 17.8 Å². The van der Waals surface area contributed by atoms with Gasteiger partial charge in [-0.05, 0) is 30.7 Å². The van der Waals surface area contributed by atoms with Gasteiger partial charge in [-0.3, -0.25) is 9.59 Å². The maximum absolute atomic E-state index is 12.1. The molecule has 0 radical (unpaired) electrons. The number of halogens is 1. The van der Waals surface area contributed by atoms with Gasteiger partial charge < -0.3 is 15.4 Å². The summed E-state index contributed by atoms with van der Waals surface area (Å²) in [5.74, 6) is -1.50. The van der Waals surface area contributed by atoms with Gasteiger partial charge in [0.1, 0.15) is 6.42 Å². The molecule has 0 aliphatic heterocycles. The first-order valence-corrected chi connectivity index (χ1v) is 8.30. The largest absolute Gasteiger partial charge is 0.465 e. The standard InChI is InChI=1S/C19H19ClN2O4/c1-12(13-6-4-3-5-7-13)21-17(23)11-18(24)22-16-10-14(19(25)26-2)8-9-15(16)20/h3-10,12H,11H2,1-2H3,(H,21,23)(H,22,24). The highest BCUT2D eigenvalue weighted by atomic mass is 35.5. The Morgan fingerprint density at radius 3 is 2.42 bits per heavy atom. The van der Waals surface area contributed by atoms with Crippen LogP contribution in [0.1, 0.15) is 35.3 Å². The van der Waals surface area contributed by atoms with Gasteiger partial charge in [0, 0.05) is 0 Å². The van der Waals surface area contributed by atoms with Crippen molar-refractivity contribution >= 4 is 35.1 Å². The zero-order valence-electron chi connectivity index (χ0n) is 14.4. The van der Waals surface area contributed by atoms with Crippen LogP contribution in [0.5, 0.6) is 0 Å². The van der Waals surface area contributed by atoms with E-state index >= 15 is 0 Å². The second-order valence-corrected chi connectivity index (χ2v) is 6.02. The van der Waals surface area contributed by atoms with E-state index in [0.29, 0.717) is 0 Å². The number of anilines is 1. The van der Waals surface area contributed by atoms with Crippen molar-refractivity contribution in [1.82, 2.24) is 5.32 Å². The van der Waals surface area contributed by atoms with Crippen molar-refractivity contribution in [3.05, 3.63) is 64.7 Å². The summed E-state index contributed by atoms with van der Waals surface area (Å²) >= 11 is 6.02. The summed E-state index contributed by atoms with van der Waals surface area (Å²) in [4.78, 5) is 35.7. The van der Waals surface area contributed by atoms with Crippen LogP contribution in [-0.2, 0) is 14.3 Å². The molecule has 26 heavy (non-hydrogen) atoms. The Labute approximate surface area is 156 Å². The topological polar surface area (TPSA) is 84.5 Å². The molecule has 0 saturated carbocycles. The summed E-state index contributed by atoms with van der Waals surface area (Å²) in [5, 5.41) is 5.55. The lowest BCUT2D eigenvalue weighted by Crippen LogP contribution is -2.30. The number of rotatable bonds is 6. The predicted molar refractivity (Wildman–Crippen MR) is 99.0 cm³/mol. The maximum Gasteiger partial charge on any atom is 0.337 e. The first-order valence-electron chi connectivity index (χ1n) is 7.92. The fourth-order valence-electron chi connectivity index (χ4n) is 2.32. The molecule has 2 rings (SSSR count). The normalized spacial score (nSPS) is 11.3. The average Bonchev–Trinajstić information content (AvgIpc) is 2.63. The zero-order valence-corrected chi connectivity index (χ0v) is 15.2. The second-order valence-electron chi connectivity index (χ2n) is 5.61. The van der Waals surface area contributed by atoms with Gasteiger partial charge in [0.25, 0.3) is 0 Å². The molecule has 0 aromatic heterocycles. The number of carbonyl (C=O) groups is 3. The summed E-state index contributed by atoms with van der Waals surface area (Å²) in [7, 11) is 1.26. The van der Waals surface area contributed by atoms with Gasteiger partial charge in [-0.25, -0.2) is 4.79 Å². The summed E-state index contributed by atoms with van der Waals surface area (Å²) in [6.45, 7) is 1.84. The first-order chi connectivity index (χ1) is 12.4. The lowest BCUT2D eigenvalue weighted by molar-refractivity contribution is -0.127. The first kappa shape index (κ1) is 19.5. The molecule has 0 aliphatic carbocycles. The molecule has 0 aliphatic rings. The minimum Gasteiger partial charge on any atom is -0.465 e. The number of esters is 1. The molecule has 1 unspecified atom stereocenters. The molecule has 6 nitrogen and oxygen atoms in total. The fraction of sp³-hybridized carbons (Fsp3) is 0.211. The van der Waals surface area contributed by atoms with Crippen LogP contribution < -0.4 is 10.6 Å². The molecule has 0 fully saturated rings. The van der Waals surface area contributed by atoms with E-state index in [-0.39, 0.29) is 28.7 Å². The highest BCUT2D eigenvalue weighted by molar-refractivity contribution is 6.34. The van der Waals surface area contributed by atoms with Crippen LogP contribution in [0.15, 0.2) is 48.5 Å². The lowest BCUT2D eigenvalue weighted by Gasteiger charge is -2.14. The molecule has 0 heterocycles. The Hall–Kier alpha value is -2.86. The molecule has 136 valence electrons. The molecule has 2 N–H and O–H groups in total. The van der Waals surface area contributed by atoms with Crippen LogP contribution in [-0.4, -0.2) is 24.9 Å². The van der Waals surface area contributed by atoms with Gasteiger partial charge in [0.15, 0.2) is 0 Å². The number of benzene rings is 2. The molecular weight excluding hydrogens is 356 g/mol. The summed E-state index contributed by atoms with van der Waals surface area (Å²) in [5.41, 5.74) is 1.42. The summed E-state index contributed by atoms with van der Waals surface area (Å²) < 4.78 is 4.63. The van der Waals surface area contributed by atoms with Crippen molar-refractivity contribution in [1.29, 1.82) is 0 Å². The molecule has 0 spiro atoms. The highest BCUT2D eigenvalue weighted by Crippen LogP contribution is 2.23. The number of ether oxygens (including phenoxy) is 1. The third kappa shape index (κ3) is 5.32. The van der Waals surface area contributed by atoms with Crippen LogP contribution in [0.4, 0.5) is 5.69 Å². The molecule has 0 bridgehead atoms. The Morgan fingerprint density at radius 1 is 1.08 bits per heavy atom. The van der Waals surface area contributed by atoms with Crippen molar-refractivity contribution in [2.75, 3.05) is 12.4 Å². The van der Waals surface area contributed by atoms with Crippen molar-refractivity contribution < 1.29 is 19.1 Å². The SMILES string of the molecule is COC(=O)c1ccc(Cl)c(NC(=O)CC(=O)NC(C)c2ccccc2)c1. The van der Waals surface area contributed by atoms with Crippen LogP contribution in [0.3, 0.4) is 0 Å². The lowest BCUT2D eigenvalue weighted by atomic mass is 10.1. The Morgan fingerprint density at radius 2 is 1.77 bits per heavy atom. The number of nitrogens with one attached hydrogen (secondary N) is 2. The van der Waals surface area contributed by atoms with E-state index in [1.54, 1.807) is 0 Å². The number of hydrogen-bond donors (Lipinski definition) is 2. The van der Waals surface area contributed by atoms with Crippen LogP contribution in [0.2, 0.25) is 5.02 Å². The summed E-state index contributed by atoms with van der Waals surface area (Å²) in [6.07, 6.45) is -0.365. The number of amides is 2. The molecule has 2 aromatic rings. The molecular formula is C19H19ClN2O4. The fourth-order valence-corrected chi connectivity index (χ4v) is 2.49. The van der Waals surface area contributed by atoms with Gasteiger partial charge in [-0.1, -0.05) is 41.9 Å². The van der Waals surface area contributed by atoms with E-state index in [0.717, 1.165) is 5.56 Å². The summed E-state index contributed by atoms with van der Waals surface area (Å²) in [6, 6.07) is 13.6. The van der Waals surface area contributed by atoms with E-state index in [2.05, 4.69) is 15.4 Å². The van der Waals surface area contributed by atoms with Gasteiger partial charge in [0.2, 0.25) is 11.8 Å². The molecule has 2 amide bonds. The van der Waals surface area contributed by atoms with Gasteiger partial charge in [-0.15, -0.1) is 0 Å². The van der Waals surface area contributed by atoms with Crippen molar-refractivity contribution in [2.24, 2.45) is 0 Å². The Balaban J connectivity index is 1.96. The van der Waals surface area contributed by atoms with Crippen molar-refractivity contribution in [3.8, 4) is 0 Å². The molecule has 0 saturated heterocycles. The monoisotopic (exact) mass is 374 g/mol. The van der Waals surface area contributed by atoms with Crippen molar-refractivity contribution in [3.63, 3.8) is 0 Å². The maximum atomic E-state index is 12.1. The Kier molecular flexibility index (Phi) is 6.74. The third-order valence-corrected chi connectivity index (χ3v) is 3.99. The number of methoxy groups -OCH3 is 1. The van der Waals surface area contributed by atoms with E-state index in [4.69, 9.17) is 11.6 Å². The number of carbonyl (C=O) groups excluding carboxylic acids is 3. The smallest absolute Gasteiger partial charge is 0.337 e. The second kappa shape index (κ2) is 9.01. The molecule has 1 atom stereocenters. The third-order valence-electron chi connectivity index (χ3n) is 3.66. The number of hydrogen-bond acceptors (Lipinski definition) is 4. The van der Waals surface area contributed by atoms with E-state index in [1.807, 2.05) is 37.3 Å². The zero-order chi connectivity index (χ0) is 19.1. The van der Waals surface area contributed by atoms with Gasteiger partial charge >= 0.3 is 5.97 Å². The minimum atomic E-state index is -0.549. The predicted octanol–water partition coefficient (Wildman–Crippen LogP) is 3.33. The highest BCUT2D eigenvalue weighted by Gasteiger charge is 2.15. The average molecular weight is 375 g/mol. The van der Waals surface area contributed by atoms with Gasteiger partial charge in [0.05, 0.1) is 29.4 Å². The Bertz CT molecular complexity index is 808. The molecule has 2 aromatic carbocycles. The van der Waals surface area contributed by atoms with Crippen LogP contribution in [0, 0.1) is 0 Å².